The number of allylic oxidation sites excluding steroid dienone is 4. The summed E-state index contributed by atoms with van der Waals surface area (Å²) in [6.45, 7) is 0.299. The normalized spacial score (nSPS) is 14.1. The molecule has 1 aliphatic carbocycles. The zero-order chi connectivity index (χ0) is 10.8. The summed E-state index contributed by atoms with van der Waals surface area (Å²) in [6, 6.07) is 0. The Bertz CT molecular complexity index is 233. The van der Waals surface area contributed by atoms with Gasteiger partial charge in [-0.25, -0.2) is 4.39 Å². The molecule has 0 bridgehead atoms. The molecule has 1 nitrogen and oxygen atoms in total. The van der Waals surface area contributed by atoms with E-state index in [1.807, 2.05) is 26.2 Å². The van der Waals surface area contributed by atoms with Gasteiger partial charge in [0, 0.05) is 12.1 Å². The molecule has 14 heavy (non-hydrogen) atoms. The van der Waals surface area contributed by atoms with E-state index in [4.69, 9.17) is 6.42 Å². The molecule has 0 spiro atoms. The molecule has 0 aliphatic heterocycles. The van der Waals surface area contributed by atoms with E-state index >= 15 is 0 Å². The quantitative estimate of drug-likeness (QED) is 0.612. The maximum atomic E-state index is 11.2. The van der Waals surface area contributed by atoms with Gasteiger partial charge in [0.2, 0.25) is 0 Å². The van der Waals surface area contributed by atoms with Crippen LogP contribution in [0.25, 0.3) is 0 Å². The van der Waals surface area contributed by atoms with E-state index < -0.39 is 0 Å². The lowest BCUT2D eigenvalue weighted by molar-refractivity contribution is 0.344. The molecule has 0 radical (unpaired) electrons. The zero-order valence-electron chi connectivity index (χ0n) is 8.96. The molecule has 78 valence electrons. The largest absolute Gasteiger partial charge is 0.307 e. The molecule has 0 aromatic carbocycles. The van der Waals surface area contributed by atoms with Crippen LogP contribution in [0, 0.1) is 12.3 Å². The third-order valence-electron chi connectivity index (χ3n) is 1.73. The summed E-state index contributed by atoms with van der Waals surface area (Å²) >= 11 is 0. The minimum atomic E-state index is -0.243. The standard InChI is InChI=1S/C8H8.C4H10FN/c1-2-8-6-4-3-5-7-8;1-6(2)4-3-5/h1,3-4,6H,5,7H2;3-4H2,1-2H3. The molecule has 0 amide bonds. The minimum absolute atomic E-state index is 0.243. The van der Waals surface area contributed by atoms with Gasteiger partial charge in [-0.1, -0.05) is 24.1 Å². The van der Waals surface area contributed by atoms with Gasteiger partial charge in [0.05, 0.1) is 0 Å². The van der Waals surface area contributed by atoms with Gasteiger partial charge in [-0.15, -0.1) is 6.42 Å². The van der Waals surface area contributed by atoms with E-state index in [2.05, 4.69) is 12.0 Å². The fraction of sp³-hybridized carbons (Fsp3) is 0.500. The highest BCUT2D eigenvalue weighted by molar-refractivity contribution is 5.31. The molecule has 0 heterocycles. The molecule has 0 unspecified atom stereocenters. The van der Waals surface area contributed by atoms with Crippen LogP contribution in [0.3, 0.4) is 0 Å². The fourth-order valence-corrected chi connectivity index (χ4v) is 0.892. The topological polar surface area (TPSA) is 3.24 Å². The SMILES string of the molecule is C#CC1=CC=CCC1.CN(C)CCF. The highest BCUT2D eigenvalue weighted by Gasteiger charge is 1.91. The Morgan fingerprint density at radius 1 is 1.57 bits per heavy atom. The lowest BCUT2D eigenvalue weighted by atomic mass is 10.1. The van der Waals surface area contributed by atoms with Crippen molar-refractivity contribution in [2.24, 2.45) is 0 Å². The van der Waals surface area contributed by atoms with Crippen molar-refractivity contribution in [3.63, 3.8) is 0 Å². The summed E-state index contributed by atoms with van der Waals surface area (Å²) < 4.78 is 11.2. The first-order valence-electron chi connectivity index (χ1n) is 4.73. The van der Waals surface area contributed by atoms with Gasteiger partial charge in [-0.05, 0) is 26.9 Å². The van der Waals surface area contributed by atoms with Crippen LogP contribution in [0.2, 0.25) is 0 Å². The summed E-state index contributed by atoms with van der Waals surface area (Å²) in [7, 11) is 3.69. The molecule has 0 aromatic heterocycles. The molecular weight excluding hydrogens is 177 g/mol. The van der Waals surface area contributed by atoms with E-state index in [0.29, 0.717) is 6.54 Å². The average Bonchev–Trinajstić information content (AvgIpc) is 2.20. The second kappa shape index (κ2) is 8.52. The van der Waals surface area contributed by atoms with Gasteiger partial charge >= 0.3 is 0 Å². The van der Waals surface area contributed by atoms with Crippen molar-refractivity contribution in [2.45, 2.75) is 12.8 Å². The van der Waals surface area contributed by atoms with Gasteiger partial charge < -0.3 is 4.90 Å². The van der Waals surface area contributed by atoms with Crippen LogP contribution < -0.4 is 0 Å². The van der Waals surface area contributed by atoms with Crippen LogP contribution >= 0.6 is 0 Å². The van der Waals surface area contributed by atoms with Gasteiger partial charge in [-0.3, -0.25) is 0 Å². The van der Waals surface area contributed by atoms with E-state index in [9.17, 15) is 4.39 Å². The Morgan fingerprint density at radius 2 is 2.29 bits per heavy atom. The summed E-state index contributed by atoms with van der Waals surface area (Å²) in [5.41, 5.74) is 1.12. The first-order chi connectivity index (χ1) is 6.70. The predicted molar refractivity (Wildman–Crippen MR) is 59.8 cm³/mol. The number of rotatable bonds is 2. The monoisotopic (exact) mass is 195 g/mol. The van der Waals surface area contributed by atoms with Crippen LogP contribution in [-0.4, -0.2) is 32.2 Å². The van der Waals surface area contributed by atoms with E-state index in [1.165, 1.54) is 0 Å². The number of halogens is 1. The van der Waals surface area contributed by atoms with Crippen molar-refractivity contribution < 1.29 is 4.39 Å². The third kappa shape index (κ3) is 7.57. The third-order valence-corrected chi connectivity index (χ3v) is 1.73. The number of hydrogen-bond acceptors (Lipinski definition) is 1. The molecule has 2 heteroatoms. The second-order valence-electron chi connectivity index (χ2n) is 3.30. The summed E-state index contributed by atoms with van der Waals surface area (Å²) in [5.74, 6) is 2.61. The molecule has 0 saturated carbocycles. The lowest BCUT2D eigenvalue weighted by Crippen LogP contribution is -2.13. The van der Waals surface area contributed by atoms with Crippen molar-refractivity contribution in [1.82, 2.24) is 4.90 Å². The number of hydrogen-bond donors (Lipinski definition) is 0. The molecule has 0 fully saturated rings. The smallest absolute Gasteiger partial charge is 0.102 e. The molecule has 0 saturated heterocycles. The summed E-state index contributed by atoms with van der Waals surface area (Å²) in [5, 5.41) is 0. The van der Waals surface area contributed by atoms with Gasteiger partial charge in [0.15, 0.2) is 0 Å². The van der Waals surface area contributed by atoms with Gasteiger partial charge in [-0.2, -0.15) is 0 Å². The second-order valence-corrected chi connectivity index (χ2v) is 3.30. The molecule has 0 atom stereocenters. The van der Waals surface area contributed by atoms with E-state index in [-0.39, 0.29) is 6.67 Å². The lowest BCUT2D eigenvalue weighted by Gasteiger charge is -2.02. The molecule has 1 aliphatic rings. The summed E-state index contributed by atoms with van der Waals surface area (Å²) in [6.07, 6.45) is 13.4. The zero-order valence-corrected chi connectivity index (χ0v) is 8.96. The highest BCUT2D eigenvalue weighted by atomic mass is 19.1. The van der Waals surface area contributed by atoms with Crippen LogP contribution in [0.5, 0.6) is 0 Å². The van der Waals surface area contributed by atoms with Gasteiger partial charge in [0.1, 0.15) is 6.67 Å². The van der Waals surface area contributed by atoms with Crippen LogP contribution in [0.1, 0.15) is 12.8 Å². The number of nitrogens with zero attached hydrogens (tertiary/aromatic N) is 1. The van der Waals surface area contributed by atoms with Crippen molar-refractivity contribution in [2.75, 3.05) is 27.3 Å². The Morgan fingerprint density at radius 3 is 2.50 bits per heavy atom. The molecule has 0 aromatic rings. The number of terminal acetylenes is 1. The first-order valence-corrected chi connectivity index (χ1v) is 4.73. The summed E-state index contributed by atoms with van der Waals surface area (Å²) in [4.78, 5) is 1.81. The van der Waals surface area contributed by atoms with Crippen LogP contribution in [-0.2, 0) is 0 Å². The highest BCUT2D eigenvalue weighted by Crippen LogP contribution is 2.09. The molecule has 1 rings (SSSR count). The van der Waals surface area contributed by atoms with E-state index in [0.717, 1.165) is 18.4 Å². The predicted octanol–water partition coefficient (Wildman–Crippen LogP) is 2.41. The number of alkyl halides is 1. The maximum Gasteiger partial charge on any atom is 0.102 e. The maximum absolute atomic E-state index is 11.2. The Hall–Kier alpha value is -1.07. The minimum Gasteiger partial charge on any atom is -0.307 e. The van der Waals surface area contributed by atoms with Crippen molar-refractivity contribution in [1.29, 1.82) is 0 Å². The van der Waals surface area contributed by atoms with Crippen molar-refractivity contribution in [3.05, 3.63) is 23.8 Å². The average molecular weight is 195 g/mol. The van der Waals surface area contributed by atoms with E-state index in [1.54, 1.807) is 4.90 Å². The first kappa shape index (κ1) is 12.9. The molecule has 0 N–H and O–H groups in total. The van der Waals surface area contributed by atoms with Crippen LogP contribution in [0.15, 0.2) is 23.8 Å². The Balaban J connectivity index is 0.000000255. The Kier molecular flexibility index (Phi) is 7.87. The van der Waals surface area contributed by atoms with Crippen LogP contribution in [0.4, 0.5) is 4.39 Å². The van der Waals surface area contributed by atoms with Gasteiger partial charge in [0.25, 0.3) is 0 Å². The fourth-order valence-electron chi connectivity index (χ4n) is 0.892. The Labute approximate surface area is 86.3 Å². The van der Waals surface area contributed by atoms with Crippen molar-refractivity contribution >= 4 is 0 Å². The molecular formula is C12H18FN. The van der Waals surface area contributed by atoms with Crippen molar-refractivity contribution in [3.8, 4) is 12.3 Å².